The van der Waals surface area contributed by atoms with Gasteiger partial charge in [0, 0.05) is 18.8 Å². The Kier molecular flexibility index (Phi) is 11.7. The van der Waals surface area contributed by atoms with E-state index >= 15 is 0 Å². The molecule has 0 unspecified atom stereocenters. The SMILES string of the molecule is C#CCCCC(=O)[C]1[CH][CH][CH][CH]1.[CH]1[CH][CH][CH][CH]1.[Fe+2]. The van der Waals surface area contributed by atoms with Gasteiger partial charge >= 0.3 is 17.1 Å². The van der Waals surface area contributed by atoms with E-state index in [2.05, 4.69) is 5.92 Å². The Balaban J connectivity index is 0.000000405. The zero-order valence-corrected chi connectivity index (χ0v) is 11.3. The fourth-order valence-corrected chi connectivity index (χ4v) is 1.38. The fraction of sp³-hybridized carbons (Fsp3) is 0.188. The Morgan fingerprint density at radius 1 is 1.00 bits per heavy atom. The van der Waals surface area contributed by atoms with Crippen LogP contribution in [0.4, 0.5) is 0 Å². The zero-order chi connectivity index (χ0) is 12.3. The maximum atomic E-state index is 11.3. The van der Waals surface area contributed by atoms with Gasteiger partial charge in [-0.1, -0.05) is 0 Å². The molecule has 0 aromatic rings. The van der Waals surface area contributed by atoms with Gasteiger partial charge in [0.1, 0.15) is 5.78 Å². The molecule has 2 fully saturated rings. The van der Waals surface area contributed by atoms with Crippen molar-refractivity contribution in [3.63, 3.8) is 0 Å². The van der Waals surface area contributed by atoms with Gasteiger partial charge in [-0.15, -0.1) is 12.3 Å². The summed E-state index contributed by atoms with van der Waals surface area (Å²) in [6, 6.07) is 0. The van der Waals surface area contributed by atoms with Gasteiger partial charge < -0.3 is 0 Å². The third kappa shape index (κ3) is 7.96. The first kappa shape index (κ1) is 17.7. The van der Waals surface area contributed by atoms with Crippen molar-refractivity contribution in [2.45, 2.75) is 19.3 Å². The number of unbranched alkanes of at least 4 members (excludes halogenated alkanes) is 1. The molecule has 2 rings (SSSR count). The Labute approximate surface area is 123 Å². The van der Waals surface area contributed by atoms with Gasteiger partial charge in [-0.05, 0) is 64.2 Å². The molecule has 0 N–H and O–H groups in total. The van der Waals surface area contributed by atoms with Crippen molar-refractivity contribution in [2.24, 2.45) is 0 Å². The van der Waals surface area contributed by atoms with Crippen LogP contribution in [0.2, 0.25) is 0 Å². The molecule has 0 atom stereocenters. The van der Waals surface area contributed by atoms with Gasteiger partial charge in [0.25, 0.3) is 0 Å². The predicted molar refractivity (Wildman–Crippen MR) is 69.6 cm³/mol. The molecule has 2 aliphatic carbocycles. The van der Waals surface area contributed by atoms with Crippen molar-refractivity contribution in [3.05, 3.63) is 63.7 Å². The molecular weight excluding hydrogens is 264 g/mol. The van der Waals surface area contributed by atoms with E-state index in [-0.39, 0.29) is 22.9 Å². The zero-order valence-electron chi connectivity index (χ0n) is 10.2. The Morgan fingerprint density at radius 3 is 1.94 bits per heavy atom. The average molecular weight is 280 g/mol. The fourth-order valence-electron chi connectivity index (χ4n) is 1.38. The third-order valence-electron chi connectivity index (χ3n) is 2.27. The van der Waals surface area contributed by atoms with Crippen molar-refractivity contribution >= 4 is 5.78 Å². The van der Waals surface area contributed by atoms with Gasteiger partial charge in [-0.3, -0.25) is 4.79 Å². The van der Waals surface area contributed by atoms with Crippen molar-refractivity contribution in [1.29, 1.82) is 0 Å². The summed E-state index contributed by atoms with van der Waals surface area (Å²) in [5.74, 6) is 3.50. The van der Waals surface area contributed by atoms with Crippen molar-refractivity contribution in [2.75, 3.05) is 0 Å². The summed E-state index contributed by atoms with van der Waals surface area (Å²) in [4.78, 5) is 11.3. The van der Waals surface area contributed by atoms with E-state index < -0.39 is 0 Å². The molecule has 92 valence electrons. The normalized spacial score (nSPS) is 18.4. The number of carbonyl (C=O) groups is 1. The van der Waals surface area contributed by atoms with Gasteiger partial charge in [-0.2, -0.15) is 0 Å². The van der Waals surface area contributed by atoms with E-state index in [1.807, 2.05) is 57.8 Å². The first-order valence-electron chi connectivity index (χ1n) is 5.69. The number of ketones is 1. The molecule has 0 bridgehead atoms. The molecule has 0 amide bonds. The second kappa shape index (κ2) is 11.8. The third-order valence-corrected chi connectivity index (χ3v) is 2.27. The smallest absolute Gasteiger partial charge is 0.299 e. The molecule has 0 saturated heterocycles. The van der Waals surface area contributed by atoms with Gasteiger partial charge in [0.15, 0.2) is 0 Å². The minimum Gasteiger partial charge on any atom is -0.299 e. The van der Waals surface area contributed by atoms with Crippen LogP contribution in [0, 0.1) is 76.0 Å². The molecule has 2 heteroatoms. The summed E-state index contributed by atoms with van der Waals surface area (Å²) in [5, 5.41) is 0. The van der Waals surface area contributed by atoms with Crippen LogP contribution in [0.15, 0.2) is 0 Å². The summed E-state index contributed by atoms with van der Waals surface area (Å²) >= 11 is 0. The Hall–Kier alpha value is -0.251. The summed E-state index contributed by atoms with van der Waals surface area (Å²) in [5.41, 5.74) is 0. The standard InChI is InChI=1S/C11H11O.C5H5.Fe/c1-2-3-4-9-11(12)10-7-5-6-8-10;1-2-4-5-3-1;/h1,5-8H,3-4,9H2;1-5H;/q;;+2. The monoisotopic (exact) mass is 280 g/mol. The van der Waals surface area contributed by atoms with Crippen LogP contribution in [-0.2, 0) is 21.9 Å². The summed E-state index contributed by atoms with van der Waals surface area (Å²) in [7, 11) is 0. The molecular formula is C16H16FeO+2. The van der Waals surface area contributed by atoms with Crippen LogP contribution >= 0.6 is 0 Å². The van der Waals surface area contributed by atoms with Crippen LogP contribution in [0.1, 0.15) is 19.3 Å². The number of hydrogen-bond acceptors (Lipinski definition) is 1. The van der Waals surface area contributed by atoms with Crippen LogP contribution in [0.5, 0.6) is 0 Å². The van der Waals surface area contributed by atoms with Crippen molar-refractivity contribution in [1.82, 2.24) is 0 Å². The molecule has 0 aromatic carbocycles. The minimum absolute atomic E-state index is 0. The van der Waals surface area contributed by atoms with Gasteiger partial charge in [0.2, 0.25) is 0 Å². The number of hydrogen-bond donors (Lipinski definition) is 0. The maximum absolute atomic E-state index is 11.3. The number of terminal acetylenes is 1. The van der Waals surface area contributed by atoms with E-state index in [9.17, 15) is 4.79 Å². The summed E-state index contributed by atoms with van der Waals surface area (Å²) in [6.45, 7) is 0. The molecule has 2 aliphatic rings. The summed E-state index contributed by atoms with van der Waals surface area (Å²) in [6.07, 6.45) is 24.5. The molecule has 0 aliphatic heterocycles. The number of rotatable bonds is 4. The first-order chi connectivity index (χ1) is 8.34. The van der Waals surface area contributed by atoms with E-state index in [1.54, 1.807) is 0 Å². The second-order valence-corrected chi connectivity index (χ2v) is 3.62. The van der Waals surface area contributed by atoms with E-state index in [0.29, 0.717) is 12.8 Å². The maximum Gasteiger partial charge on any atom is 2.00 e. The minimum atomic E-state index is 0. The van der Waals surface area contributed by atoms with Crippen LogP contribution < -0.4 is 0 Å². The van der Waals surface area contributed by atoms with Crippen molar-refractivity contribution < 1.29 is 21.9 Å². The number of carbonyl (C=O) groups excluding carboxylic acids is 1. The molecule has 18 heavy (non-hydrogen) atoms. The molecule has 0 aromatic heterocycles. The molecule has 2 saturated carbocycles. The van der Waals surface area contributed by atoms with E-state index in [4.69, 9.17) is 6.42 Å². The van der Waals surface area contributed by atoms with E-state index in [0.717, 1.165) is 12.3 Å². The average Bonchev–Trinajstić information content (AvgIpc) is 3.05. The summed E-state index contributed by atoms with van der Waals surface area (Å²) < 4.78 is 0. The molecule has 1 nitrogen and oxygen atoms in total. The van der Waals surface area contributed by atoms with Crippen molar-refractivity contribution in [3.8, 4) is 12.3 Å². The molecule has 0 spiro atoms. The van der Waals surface area contributed by atoms with E-state index in [1.165, 1.54) is 0 Å². The quantitative estimate of drug-likeness (QED) is 0.439. The van der Waals surface area contributed by atoms with Crippen LogP contribution in [0.25, 0.3) is 0 Å². The van der Waals surface area contributed by atoms with Gasteiger partial charge in [0.05, 0.1) is 0 Å². The van der Waals surface area contributed by atoms with Crippen LogP contribution in [-0.4, -0.2) is 5.78 Å². The molecule has 10 radical (unpaired) electrons. The molecule has 0 heterocycles. The predicted octanol–water partition coefficient (Wildman–Crippen LogP) is 2.78. The Morgan fingerprint density at radius 2 is 1.50 bits per heavy atom. The topological polar surface area (TPSA) is 17.1 Å². The van der Waals surface area contributed by atoms with Gasteiger partial charge in [-0.25, -0.2) is 0 Å². The Bertz CT molecular complexity index is 237. The largest absolute Gasteiger partial charge is 2.00 e. The first-order valence-corrected chi connectivity index (χ1v) is 5.69. The number of Topliss-reactive ketones (excluding diaryl/α,β-unsaturated/α-hetero) is 1. The van der Waals surface area contributed by atoms with Crippen LogP contribution in [0.3, 0.4) is 0 Å². The second-order valence-electron chi connectivity index (χ2n) is 3.62.